The van der Waals surface area contributed by atoms with E-state index < -0.39 is 11.6 Å². The van der Waals surface area contributed by atoms with Crippen molar-refractivity contribution in [3.63, 3.8) is 0 Å². The predicted octanol–water partition coefficient (Wildman–Crippen LogP) is 5.32. The van der Waals surface area contributed by atoms with Gasteiger partial charge in [-0.25, -0.2) is 19.0 Å². The lowest BCUT2D eigenvalue weighted by Crippen LogP contribution is -2.11. The van der Waals surface area contributed by atoms with Crippen molar-refractivity contribution in [2.75, 3.05) is 14.2 Å². The molecule has 4 aromatic carbocycles. The van der Waals surface area contributed by atoms with Gasteiger partial charge in [-0.3, -0.25) is 9.59 Å². The number of benzene rings is 4. The Labute approximate surface area is 238 Å². The SMILES string of the molecule is COc1cc(Cc2n[nH]c(=O)c3ccccc23)ccc1F.COc1cc(Cc2n[nH]c(=O)c3ccccc23)ccc1F. The van der Waals surface area contributed by atoms with Crippen LogP contribution in [-0.4, -0.2) is 34.6 Å². The molecule has 0 saturated heterocycles. The highest BCUT2D eigenvalue weighted by Crippen LogP contribution is 2.23. The van der Waals surface area contributed by atoms with Crippen molar-refractivity contribution >= 4 is 21.5 Å². The fourth-order valence-electron chi connectivity index (χ4n) is 4.63. The molecule has 6 aromatic rings. The van der Waals surface area contributed by atoms with Crippen molar-refractivity contribution in [1.82, 2.24) is 20.4 Å². The van der Waals surface area contributed by atoms with Gasteiger partial charge in [0.2, 0.25) is 0 Å². The maximum absolute atomic E-state index is 13.4. The van der Waals surface area contributed by atoms with Crippen LogP contribution in [0.15, 0.2) is 94.5 Å². The molecule has 0 aliphatic rings. The van der Waals surface area contributed by atoms with Crippen LogP contribution in [0.1, 0.15) is 22.5 Å². The molecule has 0 saturated carbocycles. The first kappa shape index (κ1) is 28.2. The van der Waals surface area contributed by atoms with Gasteiger partial charge < -0.3 is 9.47 Å². The van der Waals surface area contributed by atoms with Gasteiger partial charge in [0.05, 0.1) is 36.4 Å². The molecule has 0 fully saturated rings. The number of nitrogens with zero attached hydrogens (tertiary/aromatic N) is 2. The average Bonchev–Trinajstić information content (AvgIpc) is 3.02. The van der Waals surface area contributed by atoms with Crippen molar-refractivity contribution in [1.29, 1.82) is 0 Å². The van der Waals surface area contributed by atoms with Gasteiger partial charge in [0, 0.05) is 23.6 Å². The van der Waals surface area contributed by atoms with Crippen molar-refractivity contribution in [2.45, 2.75) is 12.8 Å². The van der Waals surface area contributed by atoms with Gasteiger partial charge in [0.1, 0.15) is 0 Å². The van der Waals surface area contributed by atoms with Gasteiger partial charge >= 0.3 is 0 Å². The lowest BCUT2D eigenvalue weighted by Gasteiger charge is -2.07. The van der Waals surface area contributed by atoms with Crippen LogP contribution in [0, 0.1) is 11.6 Å². The number of methoxy groups -OCH3 is 2. The molecule has 212 valence electrons. The van der Waals surface area contributed by atoms with Crippen molar-refractivity contribution in [3.8, 4) is 11.5 Å². The molecule has 0 spiro atoms. The zero-order valence-corrected chi connectivity index (χ0v) is 22.8. The smallest absolute Gasteiger partial charge is 0.272 e. The number of rotatable bonds is 6. The highest BCUT2D eigenvalue weighted by atomic mass is 19.1. The third-order valence-corrected chi connectivity index (χ3v) is 6.72. The fraction of sp³-hybridized carbons (Fsp3) is 0.125. The Bertz CT molecular complexity index is 1860. The number of hydrogen-bond acceptors (Lipinski definition) is 6. The van der Waals surface area contributed by atoms with Crippen LogP contribution in [-0.2, 0) is 12.8 Å². The van der Waals surface area contributed by atoms with Gasteiger partial charge in [0.25, 0.3) is 11.1 Å². The maximum atomic E-state index is 13.4. The Balaban J connectivity index is 0.000000168. The molecule has 2 heterocycles. The predicted molar refractivity (Wildman–Crippen MR) is 156 cm³/mol. The molecule has 0 aliphatic heterocycles. The molecule has 0 amide bonds. The second kappa shape index (κ2) is 12.4. The summed E-state index contributed by atoms with van der Waals surface area (Å²) in [5, 5.41) is 16.0. The normalized spacial score (nSPS) is 10.8. The van der Waals surface area contributed by atoms with E-state index in [9.17, 15) is 18.4 Å². The van der Waals surface area contributed by atoms with E-state index in [0.29, 0.717) is 23.6 Å². The van der Waals surface area contributed by atoms with E-state index in [2.05, 4.69) is 20.4 Å². The van der Waals surface area contributed by atoms with Crippen molar-refractivity contribution < 1.29 is 18.3 Å². The summed E-state index contributed by atoms with van der Waals surface area (Å²) in [5.74, 6) is -0.413. The van der Waals surface area contributed by atoms with Crippen molar-refractivity contribution in [3.05, 3.63) is 140 Å². The minimum Gasteiger partial charge on any atom is -0.494 e. The van der Waals surface area contributed by atoms with E-state index in [1.54, 1.807) is 36.4 Å². The first-order valence-electron chi connectivity index (χ1n) is 13.0. The van der Waals surface area contributed by atoms with E-state index in [4.69, 9.17) is 9.47 Å². The van der Waals surface area contributed by atoms with Crippen LogP contribution in [0.4, 0.5) is 8.78 Å². The minimum atomic E-state index is -0.402. The van der Waals surface area contributed by atoms with E-state index in [0.717, 1.165) is 33.3 Å². The Hall–Kier alpha value is -5.38. The summed E-state index contributed by atoms with van der Waals surface area (Å²) in [5.41, 5.74) is 2.76. The number of halogens is 2. The van der Waals surface area contributed by atoms with Crippen LogP contribution in [0.5, 0.6) is 11.5 Å². The van der Waals surface area contributed by atoms with Crippen LogP contribution in [0.25, 0.3) is 21.5 Å². The quantitative estimate of drug-likeness (QED) is 0.281. The number of ether oxygens (including phenoxy) is 2. The van der Waals surface area contributed by atoms with Gasteiger partial charge in [0.15, 0.2) is 23.1 Å². The Morgan fingerprint density at radius 2 is 0.976 bits per heavy atom. The minimum absolute atomic E-state index is 0.196. The first-order valence-corrected chi connectivity index (χ1v) is 13.0. The molecule has 42 heavy (non-hydrogen) atoms. The Kier molecular flexibility index (Phi) is 8.33. The van der Waals surface area contributed by atoms with Gasteiger partial charge in [-0.1, -0.05) is 48.5 Å². The molecular weight excluding hydrogens is 542 g/mol. The van der Waals surface area contributed by atoms with Crippen LogP contribution in [0.3, 0.4) is 0 Å². The van der Waals surface area contributed by atoms with Gasteiger partial charge in [-0.05, 0) is 47.5 Å². The van der Waals surface area contributed by atoms with Gasteiger partial charge in [-0.15, -0.1) is 0 Å². The molecule has 2 aromatic heterocycles. The molecular formula is C32H26F2N4O4. The number of nitrogens with one attached hydrogen (secondary N) is 2. The molecule has 0 aliphatic carbocycles. The van der Waals surface area contributed by atoms with E-state index >= 15 is 0 Å². The standard InChI is InChI=1S/2C16H13FN2O2/c2*1-21-15-9-10(6-7-13(15)17)8-14-11-4-2-3-5-12(11)16(20)19-18-14/h2*2-7,9H,8H2,1H3,(H,19,20). The molecule has 0 unspecified atom stereocenters. The Morgan fingerprint density at radius 3 is 1.36 bits per heavy atom. The fourth-order valence-corrected chi connectivity index (χ4v) is 4.63. The number of fused-ring (bicyclic) bond motifs is 2. The summed E-state index contributed by atoms with van der Waals surface area (Å²) in [6.07, 6.45) is 0.960. The third-order valence-electron chi connectivity index (χ3n) is 6.72. The Morgan fingerprint density at radius 1 is 0.595 bits per heavy atom. The summed E-state index contributed by atoms with van der Waals surface area (Å²) in [7, 11) is 2.85. The molecule has 10 heteroatoms. The third kappa shape index (κ3) is 6.02. The second-order valence-corrected chi connectivity index (χ2v) is 9.38. The number of aromatic amines is 2. The summed E-state index contributed by atoms with van der Waals surface area (Å²) >= 11 is 0. The first-order chi connectivity index (χ1) is 20.4. The topological polar surface area (TPSA) is 110 Å². The van der Waals surface area contributed by atoms with Crippen LogP contribution >= 0.6 is 0 Å². The van der Waals surface area contributed by atoms with E-state index in [1.165, 1.54) is 26.4 Å². The zero-order valence-electron chi connectivity index (χ0n) is 22.8. The summed E-state index contributed by atoms with van der Waals surface area (Å²) in [6, 6.07) is 23.9. The highest BCUT2D eigenvalue weighted by molar-refractivity contribution is 5.84. The molecule has 8 nitrogen and oxygen atoms in total. The van der Waals surface area contributed by atoms with E-state index in [1.807, 2.05) is 36.4 Å². The lowest BCUT2D eigenvalue weighted by molar-refractivity contribution is 0.386. The second-order valence-electron chi connectivity index (χ2n) is 9.38. The average molecular weight is 569 g/mol. The molecule has 0 atom stereocenters. The highest BCUT2D eigenvalue weighted by Gasteiger charge is 2.11. The largest absolute Gasteiger partial charge is 0.494 e. The van der Waals surface area contributed by atoms with Crippen LogP contribution in [0.2, 0.25) is 0 Å². The summed E-state index contributed by atoms with van der Waals surface area (Å²) in [4.78, 5) is 23.5. The molecule has 6 rings (SSSR count). The monoisotopic (exact) mass is 568 g/mol. The van der Waals surface area contributed by atoms with Gasteiger partial charge in [-0.2, -0.15) is 10.2 Å². The van der Waals surface area contributed by atoms with Crippen molar-refractivity contribution in [2.24, 2.45) is 0 Å². The van der Waals surface area contributed by atoms with E-state index in [-0.39, 0.29) is 22.6 Å². The number of H-pyrrole nitrogens is 2. The molecule has 0 bridgehead atoms. The number of aromatic nitrogens is 4. The lowest BCUT2D eigenvalue weighted by atomic mass is 10.0. The molecule has 2 N–H and O–H groups in total. The molecule has 0 radical (unpaired) electrons. The zero-order chi connectivity index (χ0) is 29.6. The summed E-state index contributed by atoms with van der Waals surface area (Å²) in [6.45, 7) is 0. The van der Waals surface area contributed by atoms with Crippen LogP contribution < -0.4 is 20.6 Å². The maximum Gasteiger partial charge on any atom is 0.272 e. The number of hydrogen-bond donors (Lipinski definition) is 2. The summed E-state index contributed by atoms with van der Waals surface area (Å²) < 4.78 is 36.8.